The molecule has 0 rings (SSSR count). The molecule has 122 valence electrons. The molecule has 0 spiro atoms. The smallest absolute Gasteiger partial charge is 0.0953 e. The van der Waals surface area contributed by atoms with Crippen molar-refractivity contribution in [2.75, 3.05) is 0 Å². The average molecular weight is 479 g/mol. The number of nitrogens with zero attached hydrogens (tertiary/aromatic N) is 1. The van der Waals surface area contributed by atoms with Gasteiger partial charge >= 0.3 is 0 Å². The molecule has 6 heteroatoms. The summed E-state index contributed by atoms with van der Waals surface area (Å²) in [5.41, 5.74) is 0. The first-order valence-electron chi connectivity index (χ1n) is 7.50. The molecule has 20 heavy (non-hydrogen) atoms. The molecule has 0 aromatic carbocycles. The van der Waals surface area contributed by atoms with Crippen molar-refractivity contribution in [1.29, 1.82) is 0 Å². The number of hydrogen-bond donors (Lipinski definition) is 0. The fraction of sp³-hybridized carbons (Fsp3) is 1.00. The Hall–Kier alpha value is 1.91. The number of halogens is 4. The second-order valence-corrected chi connectivity index (χ2v) is 7.48. The molecule has 0 bridgehead atoms. The van der Waals surface area contributed by atoms with E-state index in [0.29, 0.717) is 6.42 Å². The van der Waals surface area contributed by atoms with Crippen molar-refractivity contribution >= 4 is 70.4 Å². The van der Waals surface area contributed by atoms with E-state index in [9.17, 15) is 0 Å². The van der Waals surface area contributed by atoms with Crippen LogP contribution in [0, 0.1) is 0 Å². The van der Waals surface area contributed by atoms with Crippen LogP contribution in [-0.4, -0.2) is 32.1 Å². The summed E-state index contributed by atoms with van der Waals surface area (Å²) in [7, 11) is 0. The minimum absolute atomic E-state index is 0. The van der Waals surface area contributed by atoms with Gasteiger partial charge in [0.1, 0.15) is 0 Å². The van der Waals surface area contributed by atoms with Gasteiger partial charge in [0.05, 0.1) is 0 Å². The number of unbranched alkanes of at least 4 members (excludes halogenated alkanes) is 10. The van der Waals surface area contributed by atoms with E-state index < -0.39 is 4.46 Å². The molecule has 0 aliphatic rings. The molecule has 0 atom stereocenters. The van der Waals surface area contributed by atoms with Crippen LogP contribution in [0.2, 0.25) is 0 Å². The summed E-state index contributed by atoms with van der Waals surface area (Å²) in [6, 6.07) is 0. The molecule has 0 saturated heterocycles. The average Bonchev–Trinajstić information content (AvgIpc) is 2.35. The second kappa shape index (κ2) is 15.8. The summed E-state index contributed by atoms with van der Waals surface area (Å²) >= 11 is 22.9. The quantitative estimate of drug-likeness (QED) is 0.0901. The van der Waals surface area contributed by atoms with Gasteiger partial charge in [-0.05, 0) is 36.4 Å². The Morgan fingerprint density at radius 3 is 1.40 bits per heavy atom. The Bertz CT molecular complexity index is 204. The first-order valence-corrected chi connectivity index (χ1v) is 8.93. The molecule has 0 aromatic rings. The third kappa shape index (κ3) is 14.8. The largest absolute Gasteiger partial charge is 0.198 e. The standard InChI is InChI=1S/C14H27Cl4N.Te/c1-2-3-4-5-6-7-8-9-10-11-12-13-14(15,16)19(17)18;/h2-13H2,1H3;. The summed E-state index contributed by atoms with van der Waals surface area (Å²) in [6.45, 7) is 2.25. The Labute approximate surface area is 162 Å². The minimum Gasteiger partial charge on any atom is -0.0953 e. The third-order valence-corrected chi connectivity index (χ3v) is 4.97. The van der Waals surface area contributed by atoms with E-state index in [0.717, 1.165) is 16.8 Å². The summed E-state index contributed by atoms with van der Waals surface area (Å²) in [5, 5.41) is 0. The third-order valence-electron chi connectivity index (χ3n) is 3.33. The molecule has 1 nitrogen and oxygen atoms in total. The Kier molecular flexibility index (Phi) is 19.1. The van der Waals surface area contributed by atoms with E-state index in [1.165, 1.54) is 57.8 Å². The van der Waals surface area contributed by atoms with Gasteiger partial charge in [0.25, 0.3) is 0 Å². The molecule has 0 aromatic heterocycles. The van der Waals surface area contributed by atoms with Crippen molar-refractivity contribution in [3.05, 3.63) is 0 Å². The molecule has 0 N–H and O–H groups in total. The summed E-state index contributed by atoms with van der Waals surface area (Å²) < 4.78 is -0.325. The van der Waals surface area contributed by atoms with E-state index in [-0.39, 0.29) is 23.7 Å². The first-order chi connectivity index (χ1) is 9.00. The maximum absolute atomic E-state index is 5.92. The van der Waals surface area contributed by atoms with Crippen molar-refractivity contribution in [2.24, 2.45) is 0 Å². The molecule has 0 heterocycles. The molecular weight excluding hydrogens is 452 g/mol. The maximum atomic E-state index is 5.92. The van der Waals surface area contributed by atoms with E-state index in [4.69, 9.17) is 46.8 Å². The Balaban J connectivity index is 0. The van der Waals surface area contributed by atoms with Crippen molar-refractivity contribution in [2.45, 2.75) is 88.4 Å². The van der Waals surface area contributed by atoms with Gasteiger partial charge in [-0.15, -0.1) is 0 Å². The number of hydrogen-bond acceptors (Lipinski definition) is 1. The van der Waals surface area contributed by atoms with E-state index in [1.807, 2.05) is 0 Å². The fourth-order valence-electron chi connectivity index (χ4n) is 2.09. The maximum Gasteiger partial charge on any atom is 0.198 e. The van der Waals surface area contributed by atoms with Crippen molar-refractivity contribution in [3.63, 3.8) is 0 Å². The van der Waals surface area contributed by atoms with Crippen LogP contribution in [0.1, 0.15) is 84.0 Å². The normalized spacial score (nSPS) is 11.7. The number of alkyl halides is 2. The molecule has 0 amide bonds. The van der Waals surface area contributed by atoms with E-state index in [1.54, 1.807) is 0 Å². The van der Waals surface area contributed by atoms with Crippen molar-refractivity contribution in [3.8, 4) is 0 Å². The van der Waals surface area contributed by atoms with Crippen LogP contribution >= 0.6 is 46.8 Å². The van der Waals surface area contributed by atoms with Crippen LogP contribution in [-0.2, 0) is 0 Å². The van der Waals surface area contributed by atoms with Gasteiger partial charge in [-0.1, -0.05) is 98.3 Å². The van der Waals surface area contributed by atoms with Gasteiger partial charge < -0.3 is 0 Å². The molecule has 0 aliphatic heterocycles. The van der Waals surface area contributed by atoms with Gasteiger partial charge in [-0.25, -0.2) is 0 Å². The van der Waals surface area contributed by atoms with Crippen LogP contribution in [0.4, 0.5) is 0 Å². The monoisotopic (exact) mass is 479 g/mol. The molecule has 2 radical (unpaired) electrons. The number of rotatable bonds is 13. The zero-order valence-electron chi connectivity index (χ0n) is 12.4. The predicted molar refractivity (Wildman–Crippen MR) is 94.8 cm³/mol. The van der Waals surface area contributed by atoms with Crippen molar-refractivity contribution < 1.29 is 0 Å². The summed E-state index contributed by atoms with van der Waals surface area (Å²) in [5.74, 6) is 0. The van der Waals surface area contributed by atoms with Crippen LogP contribution in [0.3, 0.4) is 0 Å². The van der Waals surface area contributed by atoms with Crippen molar-refractivity contribution in [1.82, 2.24) is 3.94 Å². The fourth-order valence-corrected chi connectivity index (χ4v) is 2.52. The zero-order valence-corrected chi connectivity index (χ0v) is 17.7. The van der Waals surface area contributed by atoms with Crippen LogP contribution < -0.4 is 0 Å². The molecular formula is C14H27Cl4NTe. The summed E-state index contributed by atoms with van der Waals surface area (Å²) in [4.78, 5) is 0. The van der Waals surface area contributed by atoms with E-state index >= 15 is 0 Å². The van der Waals surface area contributed by atoms with Gasteiger partial charge in [0, 0.05) is 23.7 Å². The predicted octanol–water partition coefficient (Wildman–Crippen LogP) is 7.05. The minimum atomic E-state index is -1.15. The van der Waals surface area contributed by atoms with Gasteiger partial charge in [0.2, 0.25) is 0 Å². The van der Waals surface area contributed by atoms with Crippen LogP contribution in [0.15, 0.2) is 0 Å². The van der Waals surface area contributed by atoms with Crippen LogP contribution in [0.25, 0.3) is 0 Å². The molecule has 0 saturated carbocycles. The zero-order chi connectivity index (χ0) is 14.6. The molecule has 0 aliphatic carbocycles. The van der Waals surface area contributed by atoms with E-state index in [2.05, 4.69) is 6.92 Å². The SMILES string of the molecule is CCCCCCCCCCCCCC(Cl)(Cl)N(Cl)Cl.[Te]. The Morgan fingerprint density at radius 1 is 0.700 bits per heavy atom. The van der Waals surface area contributed by atoms with Gasteiger partial charge in [0.15, 0.2) is 4.46 Å². The second-order valence-electron chi connectivity index (χ2n) is 5.18. The summed E-state index contributed by atoms with van der Waals surface area (Å²) in [6.07, 6.45) is 14.8. The topological polar surface area (TPSA) is 3.24 Å². The van der Waals surface area contributed by atoms with Crippen LogP contribution in [0.5, 0.6) is 0 Å². The molecule has 0 fully saturated rings. The van der Waals surface area contributed by atoms with Gasteiger partial charge in [-0.3, -0.25) is 0 Å². The first kappa shape index (κ1) is 24.2. The van der Waals surface area contributed by atoms with Gasteiger partial charge in [-0.2, -0.15) is 0 Å². The molecule has 0 unspecified atom stereocenters. The Morgan fingerprint density at radius 2 is 1.05 bits per heavy atom.